The largest absolute Gasteiger partial charge is 0.444 e. The molecule has 0 N–H and O–H groups in total. The van der Waals surface area contributed by atoms with E-state index in [1.807, 2.05) is 39.8 Å². The van der Waals surface area contributed by atoms with Gasteiger partial charge in [0.2, 0.25) is 0 Å². The highest BCUT2D eigenvalue weighted by Crippen LogP contribution is 2.22. The Hall–Kier alpha value is -1.43. The van der Waals surface area contributed by atoms with Crippen molar-refractivity contribution in [3.8, 4) is 0 Å². The summed E-state index contributed by atoms with van der Waals surface area (Å²) >= 11 is 0. The van der Waals surface area contributed by atoms with Gasteiger partial charge in [0.25, 0.3) is 0 Å². The second kappa shape index (κ2) is 7.43. The number of carbonyl (C=O) groups excluding carboxylic acids is 1. The van der Waals surface area contributed by atoms with Crippen molar-refractivity contribution in [3.05, 3.63) is 23.9 Å². The second-order valence-corrected chi connectivity index (χ2v) is 8.54. The number of ether oxygens (including phenoxy) is 1. The second-order valence-electron chi connectivity index (χ2n) is 7.09. The Bertz CT molecular complexity index is 575. The fourth-order valence-electron chi connectivity index (χ4n) is 2.54. The molecule has 2 heterocycles. The van der Waals surface area contributed by atoms with Crippen LogP contribution in [0.5, 0.6) is 0 Å². The Morgan fingerprint density at radius 3 is 2.61 bits per heavy atom. The van der Waals surface area contributed by atoms with Crippen LogP contribution in [0.4, 0.5) is 4.79 Å². The third-order valence-corrected chi connectivity index (χ3v) is 5.24. The van der Waals surface area contributed by atoms with E-state index in [-0.39, 0.29) is 6.09 Å². The molecular formula is C17H26N2O3S. The van der Waals surface area contributed by atoms with Gasteiger partial charge in [0.15, 0.2) is 0 Å². The number of pyridine rings is 1. The number of hydrogen-bond donors (Lipinski definition) is 0. The zero-order valence-electron chi connectivity index (χ0n) is 14.4. The predicted molar refractivity (Wildman–Crippen MR) is 90.8 cm³/mol. The van der Waals surface area contributed by atoms with Crippen molar-refractivity contribution in [1.29, 1.82) is 0 Å². The number of carbonyl (C=O) groups is 1. The minimum atomic E-state index is -1.07. The highest BCUT2D eigenvalue weighted by molar-refractivity contribution is 7.84. The van der Waals surface area contributed by atoms with Gasteiger partial charge in [-0.1, -0.05) is 0 Å². The lowest BCUT2D eigenvalue weighted by Gasteiger charge is -2.33. The van der Waals surface area contributed by atoms with E-state index in [2.05, 4.69) is 4.98 Å². The molecule has 23 heavy (non-hydrogen) atoms. The van der Waals surface area contributed by atoms with Gasteiger partial charge in [-0.3, -0.25) is 4.21 Å². The Kier molecular flexibility index (Phi) is 5.79. The molecule has 0 aliphatic carbocycles. The molecule has 0 bridgehead atoms. The van der Waals surface area contributed by atoms with Crippen LogP contribution in [0.15, 0.2) is 23.4 Å². The molecule has 1 saturated heterocycles. The topological polar surface area (TPSA) is 59.5 Å². The molecule has 0 unspecified atom stereocenters. The molecule has 128 valence electrons. The van der Waals surface area contributed by atoms with Gasteiger partial charge >= 0.3 is 6.09 Å². The third kappa shape index (κ3) is 5.61. The van der Waals surface area contributed by atoms with Crippen molar-refractivity contribution in [1.82, 2.24) is 9.88 Å². The molecule has 2 rings (SSSR count). The van der Waals surface area contributed by atoms with Gasteiger partial charge in [-0.25, -0.2) is 9.78 Å². The summed E-state index contributed by atoms with van der Waals surface area (Å²) in [5, 5.41) is 0.652. The maximum absolute atomic E-state index is 12.4. The summed E-state index contributed by atoms with van der Waals surface area (Å²) in [5.41, 5.74) is 0.606. The van der Waals surface area contributed by atoms with E-state index < -0.39 is 16.4 Å². The highest BCUT2D eigenvalue weighted by atomic mass is 32.2. The van der Waals surface area contributed by atoms with Crippen LogP contribution >= 0.6 is 0 Å². The fraction of sp³-hybridized carbons (Fsp3) is 0.647. The van der Waals surface area contributed by atoms with Crippen LogP contribution in [-0.2, 0) is 15.5 Å². The Labute approximate surface area is 140 Å². The molecule has 0 spiro atoms. The van der Waals surface area contributed by atoms with Crippen LogP contribution in [0, 0.1) is 12.8 Å². The lowest BCUT2D eigenvalue weighted by Crippen LogP contribution is -2.42. The van der Waals surface area contributed by atoms with E-state index in [0.29, 0.717) is 29.8 Å². The Morgan fingerprint density at radius 2 is 2.04 bits per heavy atom. The van der Waals surface area contributed by atoms with Crippen LogP contribution in [-0.4, -0.2) is 44.6 Å². The summed E-state index contributed by atoms with van der Waals surface area (Å²) < 4.78 is 17.8. The predicted octanol–water partition coefficient (Wildman–Crippen LogP) is 3.14. The van der Waals surface area contributed by atoms with Crippen LogP contribution in [0.25, 0.3) is 0 Å². The number of hydrogen-bond acceptors (Lipinski definition) is 4. The summed E-state index contributed by atoms with van der Waals surface area (Å²) in [6, 6.07) is 3.78. The molecule has 1 fully saturated rings. The van der Waals surface area contributed by atoms with Gasteiger partial charge in [0, 0.05) is 25.0 Å². The fourth-order valence-corrected chi connectivity index (χ4v) is 3.97. The molecule has 1 atom stereocenters. The molecule has 1 aliphatic heterocycles. The summed E-state index contributed by atoms with van der Waals surface area (Å²) in [5.74, 6) is 0.968. The van der Waals surface area contributed by atoms with Crippen molar-refractivity contribution in [2.75, 3.05) is 18.8 Å². The average molecular weight is 338 g/mol. The smallest absolute Gasteiger partial charge is 0.410 e. The number of nitrogens with zero attached hydrogens (tertiary/aromatic N) is 2. The standard InChI is InChI=1S/C17H26N2O3S/c1-13-5-8-18-15(11-13)23(21)12-14-6-9-19(10-7-14)16(20)22-17(2,3)4/h5,8,11,14H,6-7,9-10,12H2,1-4H3/t23-/m0/s1. The minimum Gasteiger partial charge on any atom is -0.444 e. The van der Waals surface area contributed by atoms with Gasteiger partial charge in [-0.05, 0) is 64.2 Å². The summed E-state index contributed by atoms with van der Waals surface area (Å²) in [7, 11) is -1.07. The quantitative estimate of drug-likeness (QED) is 0.849. The molecular weight excluding hydrogens is 312 g/mol. The Balaban J connectivity index is 1.83. The molecule has 5 nitrogen and oxygen atoms in total. The molecule has 1 amide bonds. The molecule has 0 aromatic carbocycles. The number of aryl methyl sites for hydroxylation is 1. The van der Waals surface area contributed by atoms with Crippen LogP contribution in [0.3, 0.4) is 0 Å². The van der Waals surface area contributed by atoms with Gasteiger partial charge in [-0.2, -0.15) is 0 Å². The normalized spacial score (nSPS) is 17.8. The van der Waals surface area contributed by atoms with E-state index in [4.69, 9.17) is 4.74 Å². The monoisotopic (exact) mass is 338 g/mol. The first-order valence-corrected chi connectivity index (χ1v) is 9.35. The zero-order valence-corrected chi connectivity index (χ0v) is 15.2. The van der Waals surface area contributed by atoms with Crippen molar-refractivity contribution >= 4 is 16.9 Å². The van der Waals surface area contributed by atoms with Gasteiger partial charge in [0.05, 0.1) is 10.8 Å². The van der Waals surface area contributed by atoms with Gasteiger partial charge < -0.3 is 9.64 Å². The first kappa shape index (κ1) is 17.9. The first-order chi connectivity index (χ1) is 10.7. The van der Waals surface area contributed by atoms with Crippen LogP contribution < -0.4 is 0 Å². The number of amides is 1. The van der Waals surface area contributed by atoms with Crippen molar-refractivity contribution in [2.24, 2.45) is 5.92 Å². The van der Waals surface area contributed by atoms with E-state index in [9.17, 15) is 9.00 Å². The van der Waals surface area contributed by atoms with Crippen LogP contribution in [0.2, 0.25) is 0 Å². The van der Waals surface area contributed by atoms with E-state index >= 15 is 0 Å². The minimum absolute atomic E-state index is 0.252. The maximum atomic E-state index is 12.4. The van der Waals surface area contributed by atoms with E-state index in [1.54, 1.807) is 11.1 Å². The maximum Gasteiger partial charge on any atom is 0.410 e. The van der Waals surface area contributed by atoms with Gasteiger partial charge in [0.1, 0.15) is 10.6 Å². The van der Waals surface area contributed by atoms with Crippen LogP contribution in [0.1, 0.15) is 39.2 Å². The number of piperidine rings is 1. The van der Waals surface area contributed by atoms with E-state index in [1.165, 1.54) is 0 Å². The van der Waals surface area contributed by atoms with Crippen molar-refractivity contribution < 1.29 is 13.7 Å². The summed E-state index contributed by atoms with van der Waals surface area (Å²) in [6.45, 7) is 8.92. The molecule has 0 radical (unpaired) electrons. The lowest BCUT2D eigenvalue weighted by atomic mass is 9.99. The summed E-state index contributed by atoms with van der Waals surface area (Å²) in [6.07, 6.45) is 3.17. The first-order valence-electron chi connectivity index (χ1n) is 8.03. The number of likely N-dealkylation sites (tertiary alicyclic amines) is 1. The number of rotatable bonds is 3. The molecule has 1 aromatic rings. The molecule has 1 aliphatic rings. The molecule has 6 heteroatoms. The van der Waals surface area contributed by atoms with E-state index in [0.717, 1.165) is 18.4 Å². The third-order valence-electron chi connectivity index (χ3n) is 3.78. The number of aromatic nitrogens is 1. The Morgan fingerprint density at radius 1 is 1.39 bits per heavy atom. The zero-order chi connectivity index (χ0) is 17.0. The summed E-state index contributed by atoms with van der Waals surface area (Å²) in [4.78, 5) is 18.0. The van der Waals surface area contributed by atoms with Crippen molar-refractivity contribution in [3.63, 3.8) is 0 Å². The molecule has 1 aromatic heterocycles. The SMILES string of the molecule is Cc1ccnc([S@@](=O)CC2CCN(C(=O)OC(C)(C)C)CC2)c1. The van der Waals surface area contributed by atoms with Crippen molar-refractivity contribution in [2.45, 2.75) is 51.2 Å². The highest BCUT2D eigenvalue weighted by Gasteiger charge is 2.27. The van der Waals surface area contributed by atoms with Gasteiger partial charge in [-0.15, -0.1) is 0 Å². The average Bonchev–Trinajstić information content (AvgIpc) is 2.46. The molecule has 0 saturated carbocycles. The lowest BCUT2D eigenvalue weighted by molar-refractivity contribution is 0.0191.